The smallest absolute Gasteiger partial charge is 0.248 e. The number of carbonyl (C=O) groups is 1. The summed E-state index contributed by atoms with van der Waals surface area (Å²) in [6.45, 7) is 2.22. The van der Waals surface area contributed by atoms with Crippen LogP contribution in [0.1, 0.15) is 85.7 Å². The molecule has 1 aliphatic carbocycles. The Hall–Kier alpha value is -1.31. The number of primary amides is 1. The van der Waals surface area contributed by atoms with Crippen molar-refractivity contribution in [3.63, 3.8) is 0 Å². The van der Waals surface area contributed by atoms with Gasteiger partial charge in [-0.2, -0.15) is 0 Å². The predicted molar refractivity (Wildman–Crippen MR) is 84.0 cm³/mol. The largest absolute Gasteiger partial charge is 0.366 e. The highest BCUT2D eigenvalue weighted by atomic mass is 16.1. The van der Waals surface area contributed by atoms with E-state index in [1.807, 2.05) is 12.1 Å². The van der Waals surface area contributed by atoms with Crippen LogP contribution in [0, 0.1) is 0 Å². The SMILES string of the molecule is CCCCCc1cccc(C(N)=O)c1C1CCCCC1. The number of carbonyl (C=O) groups excluding carboxylic acids is 1. The van der Waals surface area contributed by atoms with Crippen molar-refractivity contribution < 1.29 is 4.79 Å². The van der Waals surface area contributed by atoms with Crippen molar-refractivity contribution in [3.8, 4) is 0 Å². The zero-order valence-corrected chi connectivity index (χ0v) is 12.7. The predicted octanol–water partition coefficient (Wildman–Crippen LogP) is 4.57. The minimum absolute atomic E-state index is 0.261. The molecule has 20 heavy (non-hydrogen) atoms. The van der Waals surface area contributed by atoms with Gasteiger partial charge in [0.2, 0.25) is 5.91 Å². The number of unbranched alkanes of at least 4 members (excludes halogenated alkanes) is 2. The van der Waals surface area contributed by atoms with Crippen molar-refractivity contribution >= 4 is 5.91 Å². The second-order valence-electron chi connectivity index (χ2n) is 6.03. The number of nitrogens with two attached hydrogens (primary N) is 1. The monoisotopic (exact) mass is 273 g/mol. The Morgan fingerprint density at radius 2 is 1.95 bits per heavy atom. The molecular formula is C18H27NO. The second-order valence-corrected chi connectivity index (χ2v) is 6.03. The highest BCUT2D eigenvalue weighted by Gasteiger charge is 2.23. The summed E-state index contributed by atoms with van der Waals surface area (Å²) in [5, 5.41) is 0. The molecule has 2 rings (SSSR count). The van der Waals surface area contributed by atoms with Crippen LogP contribution in [0.25, 0.3) is 0 Å². The maximum atomic E-state index is 11.8. The van der Waals surface area contributed by atoms with Gasteiger partial charge in [0.1, 0.15) is 0 Å². The zero-order valence-electron chi connectivity index (χ0n) is 12.7. The fourth-order valence-electron chi connectivity index (χ4n) is 3.48. The zero-order chi connectivity index (χ0) is 14.4. The normalized spacial score (nSPS) is 16.2. The molecule has 110 valence electrons. The minimum Gasteiger partial charge on any atom is -0.366 e. The average molecular weight is 273 g/mol. The molecule has 0 heterocycles. The fourth-order valence-corrected chi connectivity index (χ4v) is 3.48. The minimum atomic E-state index is -0.261. The first-order valence-corrected chi connectivity index (χ1v) is 8.15. The van der Waals surface area contributed by atoms with Crippen LogP contribution in [0.3, 0.4) is 0 Å². The summed E-state index contributed by atoms with van der Waals surface area (Å²) < 4.78 is 0. The van der Waals surface area contributed by atoms with Gasteiger partial charge in [-0.3, -0.25) is 4.79 Å². The summed E-state index contributed by atoms with van der Waals surface area (Å²) in [5.41, 5.74) is 9.01. The Balaban J connectivity index is 2.29. The van der Waals surface area contributed by atoms with Crippen molar-refractivity contribution in [2.45, 2.75) is 70.6 Å². The highest BCUT2D eigenvalue weighted by molar-refractivity contribution is 5.94. The molecule has 0 radical (unpaired) electrons. The summed E-state index contributed by atoms with van der Waals surface area (Å²) in [7, 11) is 0. The average Bonchev–Trinajstić information content (AvgIpc) is 2.48. The first-order valence-electron chi connectivity index (χ1n) is 8.15. The number of rotatable bonds is 6. The van der Waals surface area contributed by atoms with Crippen LogP contribution in [0.5, 0.6) is 0 Å². The second kappa shape index (κ2) is 7.47. The first-order chi connectivity index (χ1) is 9.74. The van der Waals surface area contributed by atoms with E-state index >= 15 is 0 Å². The van der Waals surface area contributed by atoms with Crippen LogP contribution in [0.2, 0.25) is 0 Å². The lowest BCUT2D eigenvalue weighted by molar-refractivity contribution is 0.0998. The summed E-state index contributed by atoms with van der Waals surface area (Å²) in [6.07, 6.45) is 11.1. The molecule has 1 amide bonds. The van der Waals surface area contributed by atoms with Crippen LogP contribution in [0.4, 0.5) is 0 Å². The van der Waals surface area contributed by atoms with Gasteiger partial charge in [-0.05, 0) is 48.8 Å². The van der Waals surface area contributed by atoms with Crippen LogP contribution >= 0.6 is 0 Å². The molecule has 0 bridgehead atoms. The number of hydrogen-bond acceptors (Lipinski definition) is 1. The molecule has 1 aromatic rings. The van der Waals surface area contributed by atoms with Gasteiger partial charge in [0.25, 0.3) is 0 Å². The summed E-state index contributed by atoms with van der Waals surface area (Å²) >= 11 is 0. The van der Waals surface area contributed by atoms with E-state index in [1.165, 1.54) is 62.5 Å². The summed E-state index contributed by atoms with van der Waals surface area (Å²) in [6, 6.07) is 6.11. The molecule has 1 aromatic carbocycles. The molecule has 0 atom stereocenters. The highest BCUT2D eigenvalue weighted by Crippen LogP contribution is 2.36. The fraction of sp³-hybridized carbons (Fsp3) is 0.611. The lowest BCUT2D eigenvalue weighted by atomic mass is 9.79. The molecule has 0 spiro atoms. The van der Waals surface area contributed by atoms with E-state index < -0.39 is 0 Å². The Labute approximate surface area is 122 Å². The molecule has 2 nitrogen and oxygen atoms in total. The van der Waals surface area contributed by atoms with E-state index in [2.05, 4.69) is 13.0 Å². The molecule has 1 saturated carbocycles. The van der Waals surface area contributed by atoms with Crippen molar-refractivity contribution in [3.05, 3.63) is 34.9 Å². The standard InChI is InChI=1S/C18H27NO/c1-2-3-5-9-15-12-8-13-16(18(19)20)17(15)14-10-6-4-7-11-14/h8,12-14H,2-7,9-11H2,1H3,(H2,19,20). The van der Waals surface area contributed by atoms with Crippen LogP contribution in [0.15, 0.2) is 18.2 Å². The van der Waals surface area contributed by atoms with Gasteiger partial charge < -0.3 is 5.73 Å². The molecule has 1 fully saturated rings. The quantitative estimate of drug-likeness (QED) is 0.758. The molecule has 0 unspecified atom stereocenters. The van der Waals surface area contributed by atoms with E-state index in [1.54, 1.807) is 0 Å². The lowest BCUT2D eigenvalue weighted by Crippen LogP contribution is -2.18. The maximum Gasteiger partial charge on any atom is 0.248 e. The van der Waals surface area contributed by atoms with Crippen molar-refractivity contribution in [2.24, 2.45) is 5.73 Å². The molecule has 0 aromatic heterocycles. The molecule has 0 aliphatic heterocycles. The third-order valence-corrected chi connectivity index (χ3v) is 4.52. The lowest BCUT2D eigenvalue weighted by Gasteiger charge is -2.26. The van der Waals surface area contributed by atoms with Crippen molar-refractivity contribution in [1.82, 2.24) is 0 Å². The molecule has 0 saturated heterocycles. The van der Waals surface area contributed by atoms with Gasteiger partial charge in [0.05, 0.1) is 0 Å². The Kier molecular flexibility index (Phi) is 5.63. The van der Waals surface area contributed by atoms with Gasteiger partial charge in [-0.1, -0.05) is 51.2 Å². The maximum absolute atomic E-state index is 11.8. The number of hydrogen-bond donors (Lipinski definition) is 1. The Morgan fingerprint density at radius 1 is 1.20 bits per heavy atom. The third-order valence-electron chi connectivity index (χ3n) is 4.52. The van der Waals surface area contributed by atoms with Crippen molar-refractivity contribution in [1.29, 1.82) is 0 Å². The summed E-state index contributed by atoms with van der Waals surface area (Å²) in [4.78, 5) is 11.8. The van der Waals surface area contributed by atoms with E-state index in [-0.39, 0.29) is 5.91 Å². The number of benzene rings is 1. The van der Waals surface area contributed by atoms with E-state index in [0.717, 1.165) is 12.0 Å². The third kappa shape index (κ3) is 3.62. The molecular weight excluding hydrogens is 246 g/mol. The van der Waals surface area contributed by atoms with E-state index in [9.17, 15) is 4.79 Å². The van der Waals surface area contributed by atoms with E-state index in [0.29, 0.717) is 5.92 Å². The van der Waals surface area contributed by atoms with Gasteiger partial charge in [0, 0.05) is 5.56 Å². The Morgan fingerprint density at radius 3 is 2.60 bits per heavy atom. The van der Waals surface area contributed by atoms with Crippen LogP contribution < -0.4 is 5.73 Å². The Bertz CT molecular complexity index is 447. The van der Waals surface area contributed by atoms with Gasteiger partial charge in [-0.25, -0.2) is 0 Å². The van der Waals surface area contributed by atoms with Gasteiger partial charge in [0.15, 0.2) is 0 Å². The van der Waals surface area contributed by atoms with Gasteiger partial charge in [-0.15, -0.1) is 0 Å². The molecule has 2 N–H and O–H groups in total. The topological polar surface area (TPSA) is 43.1 Å². The first kappa shape index (κ1) is 15.1. The van der Waals surface area contributed by atoms with E-state index in [4.69, 9.17) is 5.73 Å². The van der Waals surface area contributed by atoms with Crippen LogP contribution in [-0.4, -0.2) is 5.91 Å². The number of aryl methyl sites for hydroxylation is 1. The van der Waals surface area contributed by atoms with Crippen molar-refractivity contribution in [2.75, 3.05) is 0 Å². The molecule has 2 heteroatoms. The van der Waals surface area contributed by atoms with Gasteiger partial charge >= 0.3 is 0 Å². The van der Waals surface area contributed by atoms with Crippen LogP contribution in [-0.2, 0) is 6.42 Å². The summed E-state index contributed by atoms with van der Waals surface area (Å²) in [5.74, 6) is 0.284. The number of amides is 1. The molecule has 1 aliphatic rings.